The standard InChI is InChI=1S/C15H11BrCl3NO/c1-20(8-9-4-11(17)7-12(18)5-9)15(21)10-2-3-14(19)13(16)6-10/h2-7H,8H2,1H3. The van der Waals surface area contributed by atoms with Crippen molar-refractivity contribution in [3.63, 3.8) is 0 Å². The number of hydrogen-bond donors (Lipinski definition) is 0. The van der Waals surface area contributed by atoms with Crippen molar-refractivity contribution >= 4 is 56.6 Å². The van der Waals surface area contributed by atoms with Gasteiger partial charge in [-0.2, -0.15) is 0 Å². The average Bonchev–Trinajstić information content (AvgIpc) is 2.39. The minimum absolute atomic E-state index is 0.108. The topological polar surface area (TPSA) is 20.3 Å². The summed E-state index contributed by atoms with van der Waals surface area (Å²) in [6.07, 6.45) is 0. The van der Waals surface area contributed by atoms with Crippen LogP contribution in [0.3, 0.4) is 0 Å². The maximum absolute atomic E-state index is 12.4. The molecule has 0 bridgehead atoms. The van der Waals surface area contributed by atoms with Gasteiger partial charge in [0.1, 0.15) is 0 Å². The van der Waals surface area contributed by atoms with Crippen LogP contribution in [0.4, 0.5) is 0 Å². The van der Waals surface area contributed by atoms with Crippen LogP contribution in [-0.2, 0) is 6.54 Å². The van der Waals surface area contributed by atoms with E-state index in [1.54, 1.807) is 48.3 Å². The lowest BCUT2D eigenvalue weighted by molar-refractivity contribution is 0.0785. The molecule has 0 saturated heterocycles. The third-order valence-corrected chi connectivity index (χ3v) is 4.51. The minimum atomic E-state index is -0.108. The van der Waals surface area contributed by atoms with Gasteiger partial charge in [0.2, 0.25) is 0 Å². The molecular weight excluding hydrogens is 396 g/mol. The number of rotatable bonds is 3. The summed E-state index contributed by atoms with van der Waals surface area (Å²) >= 11 is 21.2. The fourth-order valence-corrected chi connectivity index (χ4v) is 2.97. The molecule has 0 atom stereocenters. The van der Waals surface area contributed by atoms with Crippen LogP contribution in [0.15, 0.2) is 40.9 Å². The number of nitrogens with zero attached hydrogens (tertiary/aromatic N) is 1. The van der Waals surface area contributed by atoms with Crippen molar-refractivity contribution in [1.29, 1.82) is 0 Å². The highest BCUT2D eigenvalue weighted by Gasteiger charge is 2.14. The van der Waals surface area contributed by atoms with Crippen LogP contribution >= 0.6 is 50.7 Å². The van der Waals surface area contributed by atoms with Gasteiger partial charge in [0.25, 0.3) is 5.91 Å². The summed E-state index contributed by atoms with van der Waals surface area (Å²) in [5.41, 5.74) is 1.43. The van der Waals surface area contributed by atoms with E-state index in [2.05, 4.69) is 15.9 Å². The molecule has 0 aromatic heterocycles. The van der Waals surface area contributed by atoms with E-state index in [-0.39, 0.29) is 5.91 Å². The molecule has 0 radical (unpaired) electrons. The van der Waals surface area contributed by atoms with Gasteiger partial charge in [-0.1, -0.05) is 34.8 Å². The summed E-state index contributed by atoms with van der Waals surface area (Å²) in [5.74, 6) is -0.108. The van der Waals surface area contributed by atoms with E-state index < -0.39 is 0 Å². The molecule has 2 aromatic rings. The summed E-state index contributed by atoms with van der Waals surface area (Å²) < 4.78 is 0.689. The van der Waals surface area contributed by atoms with Crippen LogP contribution in [0.25, 0.3) is 0 Å². The van der Waals surface area contributed by atoms with Crippen molar-refractivity contribution in [3.05, 3.63) is 67.1 Å². The minimum Gasteiger partial charge on any atom is -0.337 e. The fraction of sp³-hybridized carbons (Fsp3) is 0.133. The highest BCUT2D eigenvalue weighted by atomic mass is 79.9. The largest absolute Gasteiger partial charge is 0.337 e. The van der Waals surface area contributed by atoms with E-state index >= 15 is 0 Å². The first-order valence-electron chi connectivity index (χ1n) is 6.02. The second-order valence-electron chi connectivity index (χ2n) is 4.57. The van der Waals surface area contributed by atoms with E-state index in [1.807, 2.05) is 0 Å². The van der Waals surface area contributed by atoms with Gasteiger partial charge in [-0.25, -0.2) is 0 Å². The highest BCUT2D eigenvalue weighted by Crippen LogP contribution is 2.24. The van der Waals surface area contributed by atoms with Gasteiger partial charge in [-0.05, 0) is 57.9 Å². The number of amides is 1. The van der Waals surface area contributed by atoms with Gasteiger partial charge in [0.15, 0.2) is 0 Å². The van der Waals surface area contributed by atoms with Crippen molar-refractivity contribution in [3.8, 4) is 0 Å². The molecular formula is C15H11BrCl3NO. The predicted octanol–water partition coefficient (Wildman–Crippen LogP) is 5.68. The predicted molar refractivity (Wildman–Crippen MR) is 91.4 cm³/mol. The maximum Gasteiger partial charge on any atom is 0.253 e. The van der Waals surface area contributed by atoms with E-state index in [4.69, 9.17) is 34.8 Å². The Hall–Kier alpha value is -0.740. The van der Waals surface area contributed by atoms with Crippen LogP contribution in [0.5, 0.6) is 0 Å². The quantitative estimate of drug-likeness (QED) is 0.641. The Bertz CT molecular complexity index is 670. The molecule has 6 heteroatoms. The second kappa shape index (κ2) is 7.01. The molecule has 0 aliphatic carbocycles. The number of carbonyl (C=O) groups excluding carboxylic acids is 1. The van der Waals surface area contributed by atoms with Crippen LogP contribution in [0, 0.1) is 0 Å². The molecule has 0 saturated carbocycles. The Morgan fingerprint density at radius 3 is 2.29 bits per heavy atom. The van der Waals surface area contributed by atoms with E-state index in [1.165, 1.54) is 0 Å². The summed E-state index contributed by atoms with van der Waals surface area (Å²) in [5, 5.41) is 1.66. The van der Waals surface area contributed by atoms with Crippen molar-refractivity contribution in [2.75, 3.05) is 7.05 Å². The van der Waals surface area contributed by atoms with Crippen molar-refractivity contribution in [2.24, 2.45) is 0 Å². The third-order valence-electron chi connectivity index (χ3n) is 2.86. The van der Waals surface area contributed by atoms with E-state index in [0.29, 0.717) is 31.6 Å². The zero-order chi connectivity index (χ0) is 15.6. The first-order valence-corrected chi connectivity index (χ1v) is 7.95. The Morgan fingerprint density at radius 1 is 1.10 bits per heavy atom. The molecule has 21 heavy (non-hydrogen) atoms. The van der Waals surface area contributed by atoms with Crippen LogP contribution in [0.2, 0.25) is 15.1 Å². The zero-order valence-corrected chi connectivity index (χ0v) is 14.9. The first kappa shape index (κ1) is 16.6. The first-order chi connectivity index (χ1) is 9.86. The molecule has 0 fully saturated rings. The Kier molecular flexibility index (Phi) is 5.55. The molecule has 0 spiro atoms. The highest BCUT2D eigenvalue weighted by molar-refractivity contribution is 9.10. The molecule has 0 unspecified atom stereocenters. The lowest BCUT2D eigenvalue weighted by atomic mass is 10.1. The number of carbonyl (C=O) groups is 1. The zero-order valence-electron chi connectivity index (χ0n) is 11.0. The SMILES string of the molecule is CN(Cc1cc(Cl)cc(Cl)c1)C(=O)c1ccc(Cl)c(Br)c1. The molecule has 0 heterocycles. The van der Waals surface area contributed by atoms with Gasteiger partial charge in [0.05, 0.1) is 5.02 Å². The normalized spacial score (nSPS) is 10.5. The molecule has 0 aliphatic heterocycles. The molecule has 0 aliphatic rings. The van der Waals surface area contributed by atoms with Crippen molar-refractivity contribution < 1.29 is 4.79 Å². The smallest absolute Gasteiger partial charge is 0.253 e. The molecule has 110 valence electrons. The summed E-state index contributed by atoms with van der Waals surface area (Å²) in [6, 6.07) is 10.3. The fourth-order valence-electron chi connectivity index (χ4n) is 1.90. The summed E-state index contributed by atoms with van der Waals surface area (Å²) in [4.78, 5) is 14.0. The third kappa shape index (κ3) is 4.36. The molecule has 2 rings (SSSR count). The lowest BCUT2D eigenvalue weighted by Gasteiger charge is -2.18. The van der Waals surface area contributed by atoms with E-state index in [9.17, 15) is 4.79 Å². The number of hydrogen-bond acceptors (Lipinski definition) is 1. The molecule has 1 amide bonds. The van der Waals surface area contributed by atoms with Crippen LogP contribution in [-0.4, -0.2) is 17.9 Å². The van der Waals surface area contributed by atoms with E-state index in [0.717, 1.165) is 5.56 Å². The second-order valence-corrected chi connectivity index (χ2v) is 6.70. The maximum atomic E-state index is 12.4. The van der Waals surface area contributed by atoms with Crippen molar-refractivity contribution in [1.82, 2.24) is 4.90 Å². The summed E-state index contributed by atoms with van der Waals surface area (Å²) in [6.45, 7) is 0.416. The monoisotopic (exact) mass is 405 g/mol. The van der Waals surface area contributed by atoms with Gasteiger partial charge >= 0.3 is 0 Å². The Balaban J connectivity index is 2.17. The van der Waals surface area contributed by atoms with Gasteiger partial charge in [0, 0.05) is 33.7 Å². The van der Waals surface area contributed by atoms with Crippen LogP contribution in [0.1, 0.15) is 15.9 Å². The molecule has 2 nitrogen and oxygen atoms in total. The van der Waals surface area contributed by atoms with Gasteiger partial charge in [-0.3, -0.25) is 4.79 Å². The molecule has 2 aromatic carbocycles. The Morgan fingerprint density at radius 2 is 1.71 bits per heavy atom. The number of halogens is 4. The van der Waals surface area contributed by atoms with Crippen LogP contribution < -0.4 is 0 Å². The average molecular weight is 408 g/mol. The Labute approximate surface area is 146 Å². The molecule has 0 N–H and O–H groups in total. The van der Waals surface area contributed by atoms with Crippen molar-refractivity contribution in [2.45, 2.75) is 6.54 Å². The number of benzene rings is 2. The summed E-state index contributed by atoms with van der Waals surface area (Å²) in [7, 11) is 1.72. The van der Waals surface area contributed by atoms with Gasteiger partial charge < -0.3 is 4.90 Å². The lowest BCUT2D eigenvalue weighted by Crippen LogP contribution is -2.26. The van der Waals surface area contributed by atoms with Gasteiger partial charge in [-0.15, -0.1) is 0 Å².